The molecule has 344 valence electrons. The van der Waals surface area contributed by atoms with Crippen LogP contribution in [0.2, 0.25) is 5.02 Å². The molecule has 4 aromatic rings. The summed E-state index contributed by atoms with van der Waals surface area (Å²) in [6, 6.07) is 13.0. The van der Waals surface area contributed by atoms with E-state index in [1.165, 1.54) is 25.2 Å². The number of nitrogens with zero attached hydrogens (tertiary/aromatic N) is 2. The van der Waals surface area contributed by atoms with E-state index in [4.69, 9.17) is 39.2 Å². The van der Waals surface area contributed by atoms with Crippen molar-refractivity contribution in [1.82, 2.24) is 9.78 Å². The summed E-state index contributed by atoms with van der Waals surface area (Å²) in [5.41, 5.74) is -4.11. The Kier molecular flexibility index (Phi) is 16.5. The molecule has 0 aliphatic carbocycles. The summed E-state index contributed by atoms with van der Waals surface area (Å²) in [5.74, 6) is -0.246. The first-order valence-corrected chi connectivity index (χ1v) is 23.3. The van der Waals surface area contributed by atoms with Crippen molar-refractivity contribution in [2.75, 3.05) is 33.0 Å². The van der Waals surface area contributed by atoms with Crippen LogP contribution in [0.5, 0.6) is 17.2 Å². The Morgan fingerprint density at radius 3 is 1.79 bits per heavy atom. The van der Waals surface area contributed by atoms with Crippen molar-refractivity contribution in [1.29, 1.82) is 0 Å². The zero-order valence-corrected chi connectivity index (χ0v) is 38.5. The number of hydrogen-bond donors (Lipinski definition) is 1. The van der Waals surface area contributed by atoms with Crippen molar-refractivity contribution < 1.29 is 68.1 Å². The quantitative estimate of drug-likeness (QED) is 0.0637. The molecule has 0 fully saturated rings. The van der Waals surface area contributed by atoms with E-state index in [0.29, 0.717) is 17.7 Å². The summed E-state index contributed by atoms with van der Waals surface area (Å²) in [4.78, 5) is 0. The van der Waals surface area contributed by atoms with E-state index >= 15 is 0 Å². The number of phenols is 1. The summed E-state index contributed by atoms with van der Waals surface area (Å²) in [6.45, 7) is 14.3. The highest BCUT2D eigenvalue weighted by molar-refractivity contribution is 7.72. The monoisotopic (exact) mass is 940 g/mol. The van der Waals surface area contributed by atoms with Crippen LogP contribution < -0.4 is 9.47 Å². The van der Waals surface area contributed by atoms with Crippen molar-refractivity contribution >= 4 is 26.8 Å². The van der Waals surface area contributed by atoms with E-state index in [9.17, 15) is 40.6 Å². The Labute approximate surface area is 363 Å². The molecule has 1 heterocycles. The number of halogens is 7. The molecule has 0 saturated carbocycles. The largest absolute Gasteiger partial charge is 0.506 e. The topological polar surface area (TPSA) is 128 Å². The number of alkyl halides is 6. The maximum atomic E-state index is 14.4. The average molecular weight is 941 g/mol. The van der Waals surface area contributed by atoms with E-state index in [1.807, 2.05) is 27.7 Å². The summed E-state index contributed by atoms with van der Waals surface area (Å²) >= 11 is 5.88. The fourth-order valence-electron chi connectivity index (χ4n) is 7.54. The molecule has 0 saturated heterocycles. The van der Waals surface area contributed by atoms with Crippen molar-refractivity contribution in [2.45, 2.75) is 86.2 Å². The maximum absolute atomic E-state index is 14.4. The van der Waals surface area contributed by atoms with Gasteiger partial charge in [-0.2, -0.15) is 31.4 Å². The van der Waals surface area contributed by atoms with Gasteiger partial charge in [-0.15, -0.1) is 0 Å². The van der Waals surface area contributed by atoms with Gasteiger partial charge >= 0.3 is 27.5 Å². The van der Waals surface area contributed by atoms with Gasteiger partial charge in [0.2, 0.25) is 0 Å². The van der Waals surface area contributed by atoms with Gasteiger partial charge in [0.15, 0.2) is 11.1 Å². The third kappa shape index (κ3) is 12.2. The summed E-state index contributed by atoms with van der Waals surface area (Å²) < 4.78 is 147. The third-order valence-electron chi connectivity index (χ3n) is 9.56. The maximum Gasteiger partial charge on any atom is 0.435 e. The molecule has 0 aliphatic rings. The number of ether oxygens (including phenoxy) is 2. The Bertz CT molecular complexity index is 2200. The van der Waals surface area contributed by atoms with Crippen LogP contribution in [-0.4, -0.2) is 53.3 Å². The molecule has 1 aromatic heterocycles. The molecule has 62 heavy (non-hydrogen) atoms. The number of aromatic nitrogens is 2. The van der Waals surface area contributed by atoms with Crippen LogP contribution in [0.15, 0.2) is 60.7 Å². The molecule has 0 amide bonds. The van der Waals surface area contributed by atoms with Crippen LogP contribution in [0.3, 0.4) is 0 Å². The van der Waals surface area contributed by atoms with Gasteiger partial charge in [-0.25, -0.2) is 0 Å². The summed E-state index contributed by atoms with van der Waals surface area (Å²) in [6.07, 6.45) is -9.34. The highest BCUT2D eigenvalue weighted by atomic mass is 35.5. The van der Waals surface area contributed by atoms with Gasteiger partial charge in [-0.1, -0.05) is 57.5 Å². The van der Waals surface area contributed by atoms with E-state index in [1.54, 1.807) is 52.0 Å². The SMILES string of the molecule is CCOP(=O)(OCC)C(C(C)(C)CC(C)(C)COc1ccc(COc2ccc(-c3cc(C(F)(F)F)nn3C)c(O)c2-c2ccc(Cl)c(C(F)(F)F)c2)cc1)P(=O)(OCC)OCC. The van der Waals surface area contributed by atoms with Gasteiger partial charge in [-0.3, -0.25) is 13.8 Å². The minimum absolute atomic E-state index is 0.0395. The lowest BCUT2D eigenvalue weighted by Crippen LogP contribution is -2.38. The third-order valence-corrected chi connectivity index (χ3v) is 16.7. The first-order chi connectivity index (χ1) is 28.8. The summed E-state index contributed by atoms with van der Waals surface area (Å²) in [7, 11) is -6.88. The second kappa shape index (κ2) is 20.1. The number of benzene rings is 3. The van der Waals surface area contributed by atoms with Gasteiger partial charge in [0.1, 0.15) is 23.9 Å². The Hall–Kier alpha value is -3.56. The van der Waals surface area contributed by atoms with Crippen LogP contribution in [0.25, 0.3) is 22.4 Å². The average Bonchev–Trinajstić information content (AvgIpc) is 3.55. The molecule has 3 aromatic carbocycles. The van der Waals surface area contributed by atoms with Crippen LogP contribution in [0.4, 0.5) is 26.3 Å². The fraction of sp³-hybridized carbons (Fsp3) is 0.500. The van der Waals surface area contributed by atoms with E-state index in [-0.39, 0.29) is 67.8 Å². The number of phenolic OH excluding ortho intramolecular Hbond substituents is 1. The van der Waals surface area contributed by atoms with Crippen LogP contribution >= 0.6 is 26.8 Å². The molecule has 0 aliphatic heterocycles. The second-order valence-electron chi connectivity index (χ2n) is 15.7. The summed E-state index contributed by atoms with van der Waals surface area (Å²) in [5, 5.41) is 13.2. The van der Waals surface area contributed by atoms with Gasteiger partial charge in [0.25, 0.3) is 0 Å². The molecule has 1 N–H and O–H groups in total. The molecule has 0 unspecified atom stereocenters. The zero-order valence-electron chi connectivity index (χ0n) is 35.9. The lowest BCUT2D eigenvalue weighted by molar-refractivity contribution is -0.141. The first kappa shape index (κ1) is 51.1. The molecule has 20 heteroatoms. The zero-order chi connectivity index (χ0) is 46.5. The Morgan fingerprint density at radius 2 is 1.31 bits per heavy atom. The first-order valence-electron chi connectivity index (χ1n) is 19.7. The van der Waals surface area contributed by atoms with Crippen molar-refractivity contribution in [3.05, 3.63) is 82.5 Å². The number of rotatable bonds is 21. The fourth-order valence-corrected chi connectivity index (χ4v) is 14.0. The van der Waals surface area contributed by atoms with Crippen molar-refractivity contribution in [3.63, 3.8) is 0 Å². The van der Waals surface area contributed by atoms with Gasteiger partial charge in [-0.05, 0) is 98.5 Å². The number of aromatic hydroxyl groups is 1. The molecule has 0 bridgehead atoms. The predicted molar refractivity (Wildman–Crippen MR) is 225 cm³/mol. The van der Waals surface area contributed by atoms with Gasteiger partial charge < -0.3 is 32.7 Å². The molecule has 0 radical (unpaired) electrons. The van der Waals surface area contributed by atoms with Crippen LogP contribution in [0.1, 0.15) is 78.6 Å². The Balaban J connectivity index is 1.59. The Morgan fingerprint density at radius 1 is 0.758 bits per heavy atom. The molecular weight excluding hydrogens is 888 g/mol. The molecule has 4 rings (SSSR count). The highest BCUT2D eigenvalue weighted by Crippen LogP contribution is 2.76. The van der Waals surface area contributed by atoms with Crippen LogP contribution in [-0.2, 0) is 53.2 Å². The molecule has 0 atom stereocenters. The van der Waals surface area contributed by atoms with E-state index < -0.39 is 65.8 Å². The van der Waals surface area contributed by atoms with E-state index in [2.05, 4.69) is 5.10 Å². The second-order valence-corrected chi connectivity index (χ2v) is 20.8. The number of aryl methyl sites for hydroxylation is 1. The van der Waals surface area contributed by atoms with Gasteiger partial charge in [0.05, 0.1) is 54.9 Å². The number of hydrogen-bond acceptors (Lipinski definition) is 10. The standard InChI is InChI=1S/C42H53ClF6N2O9P2/c1-10-57-61(53,58-11-2)38(62(54,59-12-3)60-13-4)40(7,8)25-39(5,6)26-56-29-17-14-27(15-18-29)24-55-34-21-19-30(33-23-35(42(47,48)49)50-51(33)9)37(52)36(34)28-16-20-32(43)31(22-28)41(44,45)46/h14-23,38,52H,10-13,24-26H2,1-9H3. The lowest BCUT2D eigenvalue weighted by atomic mass is 9.76. The normalized spacial score (nSPS) is 13.2. The lowest BCUT2D eigenvalue weighted by Gasteiger charge is -2.44. The van der Waals surface area contributed by atoms with Gasteiger partial charge in [0, 0.05) is 12.6 Å². The molecule has 11 nitrogen and oxygen atoms in total. The van der Waals surface area contributed by atoms with Crippen molar-refractivity contribution in [2.24, 2.45) is 17.9 Å². The molecule has 0 spiro atoms. The molecular formula is C42H53ClF6N2O9P2. The van der Waals surface area contributed by atoms with Crippen LogP contribution in [0, 0.1) is 10.8 Å². The minimum atomic E-state index is -4.86. The minimum Gasteiger partial charge on any atom is -0.506 e. The smallest absolute Gasteiger partial charge is 0.435 e. The predicted octanol–water partition coefficient (Wildman–Crippen LogP) is 13.4. The van der Waals surface area contributed by atoms with Crippen molar-refractivity contribution in [3.8, 4) is 39.6 Å². The van der Waals surface area contributed by atoms with E-state index in [0.717, 1.165) is 22.9 Å². The highest BCUT2D eigenvalue weighted by Gasteiger charge is 2.59.